The van der Waals surface area contributed by atoms with Gasteiger partial charge in [0.15, 0.2) is 0 Å². The molecule has 0 aromatic carbocycles. The van der Waals surface area contributed by atoms with Crippen LogP contribution in [0.2, 0.25) is 0 Å². The molecule has 1 unspecified atom stereocenters. The highest BCUT2D eigenvalue weighted by molar-refractivity contribution is 5.84. The fraction of sp³-hybridized carbons (Fsp3) is 0.455. The molecule has 0 aliphatic rings. The van der Waals surface area contributed by atoms with Crippen LogP contribution in [0.3, 0.4) is 0 Å². The van der Waals surface area contributed by atoms with E-state index < -0.39 is 0 Å². The summed E-state index contributed by atoms with van der Waals surface area (Å²) >= 11 is 0. The molecule has 0 saturated heterocycles. The van der Waals surface area contributed by atoms with Crippen LogP contribution in [-0.2, 0) is 4.79 Å². The Kier molecular flexibility index (Phi) is 4.10. The second-order valence-corrected chi connectivity index (χ2v) is 4.01. The monoisotopic (exact) mass is 222 g/mol. The zero-order valence-corrected chi connectivity index (χ0v) is 9.82. The molecule has 0 fully saturated rings. The molecule has 1 aromatic heterocycles. The molecular formula is C11H18N4O. The van der Waals surface area contributed by atoms with Crippen LogP contribution in [0.5, 0.6) is 0 Å². The normalized spacial score (nSPS) is 12.2. The highest BCUT2D eigenvalue weighted by Crippen LogP contribution is 2.07. The first-order chi connectivity index (χ1) is 7.49. The molecule has 0 aliphatic carbocycles. The van der Waals surface area contributed by atoms with Crippen molar-refractivity contribution in [3.63, 3.8) is 0 Å². The van der Waals surface area contributed by atoms with Gasteiger partial charge in [0.05, 0.1) is 11.9 Å². The predicted octanol–water partition coefficient (Wildman–Crippen LogP) is 0.989. The van der Waals surface area contributed by atoms with Gasteiger partial charge in [0.1, 0.15) is 11.9 Å². The molecule has 1 atom stereocenters. The van der Waals surface area contributed by atoms with Gasteiger partial charge in [-0.2, -0.15) is 0 Å². The summed E-state index contributed by atoms with van der Waals surface area (Å²) < 4.78 is 0. The maximum Gasteiger partial charge on any atom is 0.242 e. The molecule has 0 aliphatic heterocycles. The van der Waals surface area contributed by atoms with E-state index in [1.54, 1.807) is 25.3 Å². The minimum atomic E-state index is -0.321. The number of anilines is 2. The summed E-state index contributed by atoms with van der Waals surface area (Å²) in [4.78, 5) is 15.7. The lowest BCUT2D eigenvalue weighted by atomic mass is 10.2. The SMILES string of the molecule is CC(C)NC(=O)C(C)Nc1ccc(N)cn1. The van der Waals surface area contributed by atoms with Crippen molar-refractivity contribution >= 4 is 17.4 Å². The molecule has 1 aromatic rings. The number of amides is 1. The Bertz CT molecular complexity index is 348. The van der Waals surface area contributed by atoms with Crippen molar-refractivity contribution in [1.82, 2.24) is 10.3 Å². The number of nitrogen functional groups attached to an aromatic ring is 1. The van der Waals surface area contributed by atoms with Crippen molar-refractivity contribution in [1.29, 1.82) is 0 Å². The van der Waals surface area contributed by atoms with E-state index in [4.69, 9.17) is 5.73 Å². The number of nitrogens with one attached hydrogen (secondary N) is 2. The van der Waals surface area contributed by atoms with Gasteiger partial charge < -0.3 is 16.4 Å². The van der Waals surface area contributed by atoms with E-state index in [0.717, 1.165) is 0 Å². The Morgan fingerprint density at radius 1 is 1.38 bits per heavy atom. The van der Waals surface area contributed by atoms with Gasteiger partial charge in [-0.05, 0) is 32.9 Å². The van der Waals surface area contributed by atoms with Crippen molar-refractivity contribution in [2.45, 2.75) is 32.9 Å². The smallest absolute Gasteiger partial charge is 0.242 e. The van der Waals surface area contributed by atoms with Gasteiger partial charge in [-0.1, -0.05) is 0 Å². The van der Waals surface area contributed by atoms with Gasteiger partial charge in [0, 0.05) is 6.04 Å². The van der Waals surface area contributed by atoms with Crippen LogP contribution < -0.4 is 16.4 Å². The minimum absolute atomic E-state index is 0.0476. The van der Waals surface area contributed by atoms with Crippen LogP contribution in [0.15, 0.2) is 18.3 Å². The van der Waals surface area contributed by atoms with Gasteiger partial charge in [-0.25, -0.2) is 4.98 Å². The second kappa shape index (κ2) is 5.34. The van der Waals surface area contributed by atoms with Gasteiger partial charge in [-0.15, -0.1) is 0 Å². The fourth-order valence-electron chi connectivity index (χ4n) is 1.19. The molecule has 0 spiro atoms. The Labute approximate surface area is 95.4 Å². The molecule has 0 bridgehead atoms. The number of rotatable bonds is 4. The topological polar surface area (TPSA) is 80.0 Å². The summed E-state index contributed by atoms with van der Waals surface area (Å²) in [7, 11) is 0. The van der Waals surface area contributed by atoms with Crippen molar-refractivity contribution in [3.05, 3.63) is 18.3 Å². The number of carbonyl (C=O) groups is 1. The molecule has 88 valence electrons. The third-order valence-electron chi connectivity index (χ3n) is 1.97. The maximum absolute atomic E-state index is 11.6. The number of nitrogens with zero attached hydrogens (tertiary/aromatic N) is 1. The minimum Gasteiger partial charge on any atom is -0.397 e. The first-order valence-corrected chi connectivity index (χ1v) is 5.27. The Morgan fingerprint density at radius 2 is 2.06 bits per heavy atom. The average molecular weight is 222 g/mol. The Balaban J connectivity index is 2.53. The zero-order chi connectivity index (χ0) is 12.1. The van der Waals surface area contributed by atoms with Crippen molar-refractivity contribution < 1.29 is 4.79 Å². The summed E-state index contributed by atoms with van der Waals surface area (Å²) in [6, 6.07) is 3.30. The van der Waals surface area contributed by atoms with Gasteiger partial charge in [-0.3, -0.25) is 4.79 Å². The summed E-state index contributed by atoms with van der Waals surface area (Å²) in [6.45, 7) is 5.63. The number of carbonyl (C=O) groups excluding carboxylic acids is 1. The predicted molar refractivity (Wildman–Crippen MR) is 65.0 cm³/mol. The van der Waals surface area contributed by atoms with Crippen molar-refractivity contribution in [3.8, 4) is 0 Å². The van der Waals surface area contributed by atoms with E-state index in [-0.39, 0.29) is 18.0 Å². The number of hydrogen-bond acceptors (Lipinski definition) is 4. The van der Waals surface area contributed by atoms with Crippen LogP contribution >= 0.6 is 0 Å². The van der Waals surface area contributed by atoms with Gasteiger partial charge in [0.2, 0.25) is 5.91 Å². The highest BCUT2D eigenvalue weighted by Gasteiger charge is 2.13. The third kappa shape index (κ3) is 3.76. The molecule has 0 saturated carbocycles. The average Bonchev–Trinajstić information content (AvgIpc) is 2.20. The lowest BCUT2D eigenvalue weighted by Crippen LogP contribution is -2.41. The van der Waals surface area contributed by atoms with E-state index in [1.165, 1.54) is 0 Å². The third-order valence-corrected chi connectivity index (χ3v) is 1.97. The van der Waals surface area contributed by atoms with E-state index in [0.29, 0.717) is 11.5 Å². The van der Waals surface area contributed by atoms with E-state index >= 15 is 0 Å². The van der Waals surface area contributed by atoms with Crippen molar-refractivity contribution in [2.24, 2.45) is 0 Å². The number of hydrogen-bond donors (Lipinski definition) is 3. The first-order valence-electron chi connectivity index (χ1n) is 5.27. The summed E-state index contributed by atoms with van der Waals surface area (Å²) in [5.74, 6) is 0.592. The fourth-order valence-corrected chi connectivity index (χ4v) is 1.19. The van der Waals surface area contributed by atoms with Crippen LogP contribution in [-0.4, -0.2) is 23.0 Å². The largest absolute Gasteiger partial charge is 0.397 e. The van der Waals surface area contributed by atoms with Crippen LogP contribution in [0.1, 0.15) is 20.8 Å². The molecule has 1 heterocycles. The number of aromatic nitrogens is 1. The standard InChI is InChI=1S/C11H18N4O/c1-7(2)14-11(16)8(3)15-10-5-4-9(12)6-13-10/h4-8H,12H2,1-3H3,(H,13,15)(H,14,16). The van der Waals surface area contributed by atoms with Crippen LogP contribution in [0.25, 0.3) is 0 Å². The number of nitrogens with two attached hydrogens (primary N) is 1. The highest BCUT2D eigenvalue weighted by atomic mass is 16.2. The molecule has 5 heteroatoms. The Hall–Kier alpha value is -1.78. The lowest BCUT2D eigenvalue weighted by Gasteiger charge is -2.16. The molecule has 1 rings (SSSR count). The van der Waals surface area contributed by atoms with Gasteiger partial charge in [0.25, 0.3) is 0 Å². The van der Waals surface area contributed by atoms with E-state index in [1.807, 2.05) is 13.8 Å². The lowest BCUT2D eigenvalue weighted by molar-refractivity contribution is -0.122. The molecule has 4 N–H and O–H groups in total. The second-order valence-electron chi connectivity index (χ2n) is 4.01. The molecule has 16 heavy (non-hydrogen) atoms. The van der Waals surface area contributed by atoms with E-state index in [2.05, 4.69) is 15.6 Å². The summed E-state index contributed by atoms with van der Waals surface area (Å²) in [5, 5.41) is 5.82. The van der Waals surface area contributed by atoms with Crippen LogP contribution in [0.4, 0.5) is 11.5 Å². The summed E-state index contributed by atoms with van der Waals surface area (Å²) in [5.41, 5.74) is 6.12. The Morgan fingerprint density at radius 3 is 2.56 bits per heavy atom. The molecule has 0 radical (unpaired) electrons. The van der Waals surface area contributed by atoms with Crippen LogP contribution in [0, 0.1) is 0 Å². The first kappa shape index (κ1) is 12.3. The zero-order valence-electron chi connectivity index (χ0n) is 9.82. The van der Waals surface area contributed by atoms with Crippen molar-refractivity contribution in [2.75, 3.05) is 11.1 Å². The molecule has 5 nitrogen and oxygen atoms in total. The molecular weight excluding hydrogens is 204 g/mol. The maximum atomic E-state index is 11.6. The molecule has 1 amide bonds. The quantitative estimate of drug-likeness (QED) is 0.709. The summed E-state index contributed by atoms with van der Waals surface area (Å²) in [6.07, 6.45) is 1.55. The van der Waals surface area contributed by atoms with E-state index in [9.17, 15) is 4.79 Å². The van der Waals surface area contributed by atoms with Gasteiger partial charge >= 0.3 is 0 Å². The number of pyridine rings is 1.